The number of benzene rings is 1. The van der Waals surface area contributed by atoms with Gasteiger partial charge in [0.15, 0.2) is 0 Å². The number of piperidine rings is 1. The highest BCUT2D eigenvalue weighted by Gasteiger charge is 2.20. The molecule has 2 atom stereocenters. The fourth-order valence-corrected chi connectivity index (χ4v) is 3.45. The van der Waals surface area contributed by atoms with Crippen LogP contribution in [-0.2, 0) is 11.2 Å². The third-order valence-corrected chi connectivity index (χ3v) is 4.60. The predicted molar refractivity (Wildman–Crippen MR) is 88.3 cm³/mol. The minimum absolute atomic E-state index is 0.193. The zero-order valence-electron chi connectivity index (χ0n) is 12.4. The van der Waals surface area contributed by atoms with Gasteiger partial charge >= 0.3 is 0 Å². The van der Waals surface area contributed by atoms with Crippen molar-refractivity contribution in [2.24, 2.45) is 11.7 Å². The molecule has 1 saturated heterocycles. The molecule has 0 bridgehead atoms. The Bertz CT molecular complexity index is 434. The van der Waals surface area contributed by atoms with Gasteiger partial charge in [-0.25, -0.2) is 0 Å². The second-order valence-corrected chi connectivity index (χ2v) is 6.72. The number of rotatable bonds is 5. The van der Waals surface area contributed by atoms with Crippen molar-refractivity contribution >= 4 is 21.6 Å². The van der Waals surface area contributed by atoms with Gasteiger partial charge in [-0.15, -0.1) is 0 Å². The molecule has 4 heteroatoms. The molecule has 2 N–H and O–H groups in total. The van der Waals surface area contributed by atoms with Crippen LogP contribution in [0, 0.1) is 5.92 Å². The van der Waals surface area contributed by atoms with Crippen LogP contribution in [0.1, 0.15) is 25.3 Å². The molecule has 0 saturated carbocycles. The average molecular weight is 341 g/mol. The van der Waals surface area contributed by atoms with Crippen molar-refractivity contribution in [1.82, 2.24) is 0 Å². The minimum atomic E-state index is 0.193. The van der Waals surface area contributed by atoms with Gasteiger partial charge in [0, 0.05) is 36.4 Å². The maximum atomic E-state index is 5.88. The lowest BCUT2D eigenvalue weighted by Crippen LogP contribution is -2.37. The second-order valence-electron chi connectivity index (χ2n) is 5.87. The molecule has 0 aromatic heterocycles. The van der Waals surface area contributed by atoms with E-state index in [4.69, 9.17) is 10.5 Å². The first-order chi connectivity index (χ1) is 9.60. The first kappa shape index (κ1) is 15.8. The van der Waals surface area contributed by atoms with Gasteiger partial charge in [-0.05, 0) is 49.8 Å². The second kappa shape index (κ2) is 7.43. The van der Waals surface area contributed by atoms with Crippen LogP contribution < -0.4 is 10.6 Å². The van der Waals surface area contributed by atoms with Gasteiger partial charge in [-0.1, -0.05) is 22.0 Å². The molecular weight excluding hydrogens is 316 g/mol. The molecule has 1 heterocycles. The number of nitrogens with zero attached hydrogens (tertiary/aromatic N) is 1. The Morgan fingerprint density at radius 2 is 2.30 bits per heavy atom. The molecule has 0 aliphatic carbocycles. The van der Waals surface area contributed by atoms with E-state index >= 15 is 0 Å². The molecule has 1 aromatic rings. The number of nitrogens with two attached hydrogens (primary N) is 1. The van der Waals surface area contributed by atoms with Gasteiger partial charge in [0.1, 0.15) is 0 Å². The van der Waals surface area contributed by atoms with Crippen LogP contribution in [0.2, 0.25) is 0 Å². The number of halogens is 1. The molecule has 3 nitrogen and oxygen atoms in total. The van der Waals surface area contributed by atoms with Crippen LogP contribution >= 0.6 is 15.9 Å². The minimum Gasteiger partial charge on any atom is -0.384 e. The molecule has 0 radical (unpaired) electrons. The highest BCUT2D eigenvalue weighted by atomic mass is 79.9. The van der Waals surface area contributed by atoms with Crippen LogP contribution in [0.15, 0.2) is 22.7 Å². The summed E-state index contributed by atoms with van der Waals surface area (Å²) in [5.74, 6) is 0.649. The summed E-state index contributed by atoms with van der Waals surface area (Å²) < 4.78 is 6.47. The number of methoxy groups -OCH3 is 1. The van der Waals surface area contributed by atoms with E-state index in [0.29, 0.717) is 5.92 Å². The third-order valence-electron chi connectivity index (χ3n) is 3.87. The lowest BCUT2D eigenvalue weighted by Gasteiger charge is -2.34. The van der Waals surface area contributed by atoms with Crippen molar-refractivity contribution < 1.29 is 4.74 Å². The van der Waals surface area contributed by atoms with E-state index in [0.717, 1.165) is 26.1 Å². The fourth-order valence-electron chi connectivity index (χ4n) is 2.92. The summed E-state index contributed by atoms with van der Waals surface area (Å²) in [5, 5.41) is 0. The first-order valence-electron chi connectivity index (χ1n) is 7.38. The number of hydrogen-bond acceptors (Lipinski definition) is 3. The molecule has 0 amide bonds. The van der Waals surface area contributed by atoms with E-state index in [1.165, 1.54) is 28.6 Å². The SMILES string of the molecule is COCC1CCCN(c2ccc(CC(C)N)c(Br)c2)C1. The molecular formula is C16H25BrN2O. The zero-order valence-corrected chi connectivity index (χ0v) is 14.0. The van der Waals surface area contributed by atoms with E-state index in [2.05, 4.69) is 39.0 Å². The summed E-state index contributed by atoms with van der Waals surface area (Å²) >= 11 is 3.68. The third kappa shape index (κ3) is 4.21. The Morgan fingerprint density at radius 1 is 1.50 bits per heavy atom. The Hall–Kier alpha value is -0.580. The fraction of sp³-hybridized carbons (Fsp3) is 0.625. The Labute approximate surface area is 130 Å². The van der Waals surface area contributed by atoms with Gasteiger partial charge < -0.3 is 15.4 Å². The van der Waals surface area contributed by atoms with E-state index in [1.54, 1.807) is 7.11 Å². The average Bonchev–Trinajstić information content (AvgIpc) is 2.41. The van der Waals surface area contributed by atoms with Gasteiger partial charge in [0.2, 0.25) is 0 Å². The first-order valence-corrected chi connectivity index (χ1v) is 8.17. The Balaban J connectivity index is 2.06. The summed E-state index contributed by atoms with van der Waals surface area (Å²) in [6, 6.07) is 6.84. The smallest absolute Gasteiger partial charge is 0.0507 e. The van der Waals surface area contributed by atoms with E-state index < -0.39 is 0 Å². The van der Waals surface area contributed by atoms with Crippen LogP contribution in [0.5, 0.6) is 0 Å². The van der Waals surface area contributed by atoms with Gasteiger partial charge in [0.05, 0.1) is 6.61 Å². The lowest BCUT2D eigenvalue weighted by molar-refractivity contribution is 0.143. The molecule has 1 aliphatic rings. The molecule has 20 heavy (non-hydrogen) atoms. The number of anilines is 1. The van der Waals surface area contributed by atoms with Gasteiger partial charge in [0.25, 0.3) is 0 Å². The van der Waals surface area contributed by atoms with Crippen LogP contribution in [0.3, 0.4) is 0 Å². The molecule has 112 valence electrons. The van der Waals surface area contributed by atoms with Crippen molar-refractivity contribution in [3.05, 3.63) is 28.2 Å². The summed E-state index contributed by atoms with van der Waals surface area (Å²) in [4.78, 5) is 2.47. The van der Waals surface area contributed by atoms with Crippen LogP contribution in [0.4, 0.5) is 5.69 Å². The van der Waals surface area contributed by atoms with Crippen molar-refractivity contribution in [1.29, 1.82) is 0 Å². The van der Waals surface area contributed by atoms with Gasteiger partial charge in [-0.2, -0.15) is 0 Å². The van der Waals surface area contributed by atoms with Crippen molar-refractivity contribution in [3.8, 4) is 0 Å². The largest absolute Gasteiger partial charge is 0.384 e. The topological polar surface area (TPSA) is 38.5 Å². The van der Waals surface area contributed by atoms with Crippen molar-refractivity contribution in [2.75, 3.05) is 31.7 Å². The lowest BCUT2D eigenvalue weighted by atomic mass is 9.98. The summed E-state index contributed by atoms with van der Waals surface area (Å²) in [6.07, 6.45) is 3.43. The molecule has 1 fully saturated rings. The van der Waals surface area contributed by atoms with E-state index in [-0.39, 0.29) is 6.04 Å². The van der Waals surface area contributed by atoms with E-state index in [9.17, 15) is 0 Å². The number of hydrogen-bond donors (Lipinski definition) is 1. The molecule has 1 aliphatic heterocycles. The standard InChI is InChI=1S/C16H25BrN2O/c1-12(18)8-14-5-6-15(9-16(14)17)19-7-3-4-13(10-19)11-20-2/h5-6,9,12-13H,3-4,7-8,10-11,18H2,1-2H3. The molecule has 0 spiro atoms. The maximum Gasteiger partial charge on any atom is 0.0507 e. The quantitative estimate of drug-likeness (QED) is 0.894. The molecule has 2 unspecified atom stereocenters. The molecule has 2 rings (SSSR count). The predicted octanol–water partition coefficient (Wildman–Crippen LogP) is 3.20. The van der Waals surface area contributed by atoms with Gasteiger partial charge in [-0.3, -0.25) is 0 Å². The number of ether oxygens (including phenoxy) is 1. The highest BCUT2D eigenvalue weighted by Crippen LogP contribution is 2.28. The van der Waals surface area contributed by atoms with Crippen molar-refractivity contribution in [3.63, 3.8) is 0 Å². The Morgan fingerprint density at radius 3 is 2.95 bits per heavy atom. The van der Waals surface area contributed by atoms with E-state index in [1.807, 2.05) is 6.92 Å². The highest BCUT2D eigenvalue weighted by molar-refractivity contribution is 9.10. The summed E-state index contributed by atoms with van der Waals surface area (Å²) in [7, 11) is 1.79. The monoisotopic (exact) mass is 340 g/mol. The summed E-state index contributed by atoms with van der Waals surface area (Å²) in [5.41, 5.74) is 8.46. The van der Waals surface area contributed by atoms with Crippen molar-refractivity contribution in [2.45, 2.75) is 32.2 Å². The molecule has 1 aromatic carbocycles. The maximum absolute atomic E-state index is 5.88. The van der Waals surface area contributed by atoms with Crippen LogP contribution in [-0.4, -0.2) is 32.8 Å². The normalized spacial score (nSPS) is 21.0. The summed E-state index contributed by atoms with van der Waals surface area (Å²) in [6.45, 7) is 5.13. The van der Waals surface area contributed by atoms with Crippen LogP contribution in [0.25, 0.3) is 0 Å². The Kier molecular flexibility index (Phi) is 5.87. The zero-order chi connectivity index (χ0) is 14.5.